The smallest absolute Gasteiger partial charge is 0.243 e. The van der Waals surface area contributed by atoms with Crippen LogP contribution in [0.15, 0.2) is 4.99 Å². The Hall–Kier alpha value is -0.570. The molecule has 23 heavy (non-hydrogen) atoms. The van der Waals surface area contributed by atoms with Crippen LogP contribution in [0.25, 0.3) is 0 Å². The number of hydrogen-bond acceptors (Lipinski definition) is 3. The molecule has 6 nitrogen and oxygen atoms in total. The van der Waals surface area contributed by atoms with Crippen molar-refractivity contribution in [2.24, 2.45) is 10.9 Å². The van der Waals surface area contributed by atoms with E-state index in [0.29, 0.717) is 5.92 Å². The number of guanidine groups is 1. The van der Waals surface area contributed by atoms with Crippen molar-refractivity contribution in [1.29, 1.82) is 0 Å². The predicted octanol–water partition coefficient (Wildman–Crippen LogP) is 1.84. The number of halogens is 1. The van der Waals surface area contributed by atoms with Crippen LogP contribution in [-0.2, 0) is 9.53 Å². The number of ether oxygens (including phenoxy) is 1. The van der Waals surface area contributed by atoms with E-state index in [1.54, 1.807) is 19.0 Å². The Morgan fingerprint density at radius 3 is 2.65 bits per heavy atom. The number of carbonyl (C=O) groups excluding carboxylic acids is 1. The molecule has 0 spiro atoms. The average Bonchev–Trinajstić information content (AvgIpc) is 3.01. The molecule has 1 atom stereocenters. The van der Waals surface area contributed by atoms with Crippen molar-refractivity contribution in [1.82, 2.24) is 15.5 Å². The Balaban J connectivity index is 0.00000484. The van der Waals surface area contributed by atoms with Gasteiger partial charge >= 0.3 is 0 Å². The molecule has 1 heterocycles. The number of aliphatic imine (C=N–C) groups is 1. The lowest BCUT2D eigenvalue weighted by Gasteiger charge is -2.15. The molecule has 0 aromatic heterocycles. The van der Waals surface area contributed by atoms with Gasteiger partial charge in [-0.1, -0.05) is 26.2 Å². The fraction of sp³-hybridized carbons (Fsp3) is 0.875. The minimum absolute atomic E-state index is 0. The lowest BCUT2D eigenvalue weighted by molar-refractivity contribution is -0.127. The largest absolute Gasteiger partial charge is 0.381 e. The monoisotopic (exact) mass is 440 g/mol. The summed E-state index contributed by atoms with van der Waals surface area (Å²) < 4.78 is 5.38. The summed E-state index contributed by atoms with van der Waals surface area (Å²) in [6.45, 7) is 5.78. The topological polar surface area (TPSA) is 66.0 Å². The van der Waals surface area contributed by atoms with Gasteiger partial charge in [0.2, 0.25) is 5.91 Å². The van der Waals surface area contributed by atoms with E-state index in [0.717, 1.165) is 45.1 Å². The number of nitrogens with zero attached hydrogens (tertiary/aromatic N) is 2. The molecule has 1 aliphatic heterocycles. The van der Waals surface area contributed by atoms with E-state index in [9.17, 15) is 4.79 Å². The van der Waals surface area contributed by atoms with E-state index in [4.69, 9.17) is 4.74 Å². The van der Waals surface area contributed by atoms with Crippen molar-refractivity contribution >= 4 is 35.8 Å². The molecular formula is C16H33IN4O2. The van der Waals surface area contributed by atoms with Gasteiger partial charge in [-0.2, -0.15) is 0 Å². The summed E-state index contributed by atoms with van der Waals surface area (Å²) in [5, 5.41) is 6.66. The van der Waals surface area contributed by atoms with E-state index >= 15 is 0 Å². The van der Waals surface area contributed by atoms with Crippen molar-refractivity contribution in [3.05, 3.63) is 0 Å². The van der Waals surface area contributed by atoms with Crippen molar-refractivity contribution in [3.8, 4) is 0 Å². The molecule has 0 aromatic rings. The molecule has 1 unspecified atom stereocenters. The standard InChI is InChI=1S/C16H32N4O2.HI/c1-4-5-6-7-9-17-16(19-12-15(21)20(2)3)18-11-14-8-10-22-13-14;/h14H,4-13H2,1-3H3,(H2,17,18,19);1H. The second kappa shape index (κ2) is 13.8. The zero-order chi connectivity index (χ0) is 16.2. The first kappa shape index (κ1) is 22.4. The van der Waals surface area contributed by atoms with Crippen LogP contribution in [0.4, 0.5) is 0 Å². The van der Waals surface area contributed by atoms with Crippen LogP contribution in [-0.4, -0.2) is 63.7 Å². The first-order chi connectivity index (χ1) is 10.6. The van der Waals surface area contributed by atoms with E-state index in [2.05, 4.69) is 22.5 Å². The van der Waals surface area contributed by atoms with Crippen molar-refractivity contribution in [2.45, 2.75) is 39.0 Å². The van der Waals surface area contributed by atoms with Crippen LogP contribution < -0.4 is 10.6 Å². The normalized spacial score (nSPS) is 17.5. The summed E-state index contributed by atoms with van der Waals surface area (Å²) in [5.74, 6) is 1.28. The van der Waals surface area contributed by atoms with Crippen molar-refractivity contribution < 1.29 is 9.53 Å². The Kier molecular flexibility index (Phi) is 13.5. The SMILES string of the molecule is CCCCCCNC(=NCC(=O)N(C)C)NCC1CCOC1.I. The van der Waals surface area contributed by atoms with Gasteiger partial charge in [0.25, 0.3) is 0 Å². The van der Waals surface area contributed by atoms with Crippen LogP contribution in [0.1, 0.15) is 39.0 Å². The van der Waals surface area contributed by atoms with Gasteiger partial charge in [-0.15, -0.1) is 24.0 Å². The number of nitrogens with one attached hydrogen (secondary N) is 2. The maximum absolute atomic E-state index is 11.7. The summed E-state index contributed by atoms with van der Waals surface area (Å²) >= 11 is 0. The summed E-state index contributed by atoms with van der Waals surface area (Å²) in [4.78, 5) is 17.6. The molecule has 1 fully saturated rings. The molecule has 2 N–H and O–H groups in total. The Morgan fingerprint density at radius 2 is 2.04 bits per heavy atom. The van der Waals surface area contributed by atoms with Gasteiger partial charge in [0.15, 0.2) is 5.96 Å². The lowest BCUT2D eigenvalue weighted by atomic mass is 10.1. The fourth-order valence-electron chi connectivity index (χ4n) is 2.21. The molecule has 7 heteroatoms. The maximum atomic E-state index is 11.7. The van der Waals surface area contributed by atoms with Crippen LogP contribution in [0, 0.1) is 5.92 Å². The second-order valence-corrected chi connectivity index (χ2v) is 6.05. The van der Waals surface area contributed by atoms with E-state index in [1.165, 1.54) is 19.3 Å². The third-order valence-corrected chi connectivity index (χ3v) is 3.78. The Morgan fingerprint density at radius 1 is 1.26 bits per heavy atom. The number of amides is 1. The summed E-state index contributed by atoms with van der Waals surface area (Å²) in [7, 11) is 3.50. The maximum Gasteiger partial charge on any atom is 0.243 e. The molecule has 1 saturated heterocycles. The number of rotatable bonds is 9. The van der Waals surface area contributed by atoms with Gasteiger partial charge in [0.1, 0.15) is 6.54 Å². The number of carbonyl (C=O) groups is 1. The van der Waals surface area contributed by atoms with Crippen molar-refractivity contribution in [2.75, 3.05) is 46.9 Å². The van der Waals surface area contributed by atoms with Crippen molar-refractivity contribution in [3.63, 3.8) is 0 Å². The first-order valence-electron chi connectivity index (χ1n) is 8.43. The van der Waals surface area contributed by atoms with Gasteiger partial charge in [-0.3, -0.25) is 4.79 Å². The molecule has 1 aliphatic rings. The van der Waals surface area contributed by atoms with Gasteiger partial charge in [0.05, 0.1) is 6.61 Å². The Labute approximate surface area is 157 Å². The molecule has 1 rings (SSSR count). The highest BCUT2D eigenvalue weighted by molar-refractivity contribution is 14.0. The molecule has 136 valence electrons. The zero-order valence-corrected chi connectivity index (χ0v) is 17.1. The fourth-order valence-corrected chi connectivity index (χ4v) is 2.21. The molecule has 0 aromatic carbocycles. The highest BCUT2D eigenvalue weighted by Gasteiger charge is 2.15. The highest BCUT2D eigenvalue weighted by Crippen LogP contribution is 2.10. The van der Waals surface area contributed by atoms with Gasteiger partial charge in [-0.25, -0.2) is 4.99 Å². The summed E-state index contributed by atoms with van der Waals surface area (Å²) in [5.41, 5.74) is 0. The number of unbranched alkanes of at least 4 members (excludes halogenated alkanes) is 3. The number of likely N-dealkylation sites (N-methyl/N-ethyl adjacent to an activating group) is 1. The molecule has 1 amide bonds. The van der Waals surface area contributed by atoms with E-state index < -0.39 is 0 Å². The zero-order valence-electron chi connectivity index (χ0n) is 14.8. The van der Waals surface area contributed by atoms with Gasteiger partial charge in [-0.05, 0) is 12.8 Å². The summed E-state index contributed by atoms with van der Waals surface area (Å²) in [6, 6.07) is 0. The second-order valence-electron chi connectivity index (χ2n) is 6.05. The van der Waals surface area contributed by atoms with Gasteiger partial charge in [0, 0.05) is 39.7 Å². The minimum atomic E-state index is 0. The van der Waals surface area contributed by atoms with E-state index in [-0.39, 0.29) is 36.4 Å². The van der Waals surface area contributed by atoms with Gasteiger partial charge < -0.3 is 20.3 Å². The van der Waals surface area contributed by atoms with Crippen LogP contribution in [0.3, 0.4) is 0 Å². The molecule has 0 bridgehead atoms. The van der Waals surface area contributed by atoms with Crippen LogP contribution in [0.5, 0.6) is 0 Å². The molecule has 0 saturated carbocycles. The Bertz CT molecular complexity index is 345. The van der Waals surface area contributed by atoms with Crippen LogP contribution >= 0.6 is 24.0 Å². The third-order valence-electron chi connectivity index (χ3n) is 3.78. The quantitative estimate of drug-likeness (QED) is 0.249. The first-order valence-corrected chi connectivity index (χ1v) is 8.43. The summed E-state index contributed by atoms with van der Waals surface area (Å²) in [6.07, 6.45) is 5.94. The van der Waals surface area contributed by atoms with E-state index in [1.807, 2.05) is 0 Å². The average molecular weight is 440 g/mol. The molecular weight excluding hydrogens is 407 g/mol. The predicted molar refractivity (Wildman–Crippen MR) is 105 cm³/mol. The molecule has 0 radical (unpaired) electrons. The lowest BCUT2D eigenvalue weighted by Crippen LogP contribution is -2.41. The number of hydrogen-bond donors (Lipinski definition) is 2. The molecule has 0 aliphatic carbocycles. The highest BCUT2D eigenvalue weighted by atomic mass is 127. The third kappa shape index (κ3) is 10.8. The minimum Gasteiger partial charge on any atom is -0.381 e. The van der Waals surface area contributed by atoms with Crippen LogP contribution in [0.2, 0.25) is 0 Å².